The molecule has 0 radical (unpaired) electrons. The van der Waals surface area contributed by atoms with E-state index in [0.717, 1.165) is 44.3 Å². The minimum atomic E-state index is -1.48. The van der Waals surface area contributed by atoms with Crippen LogP contribution in [-0.2, 0) is 9.59 Å². The summed E-state index contributed by atoms with van der Waals surface area (Å²) in [5, 5.41) is 4.75. The van der Waals surface area contributed by atoms with Crippen molar-refractivity contribution < 1.29 is 14.4 Å². The number of piperidine rings is 1. The highest BCUT2D eigenvalue weighted by atomic mass is 16.2. The van der Waals surface area contributed by atoms with Crippen LogP contribution in [0.1, 0.15) is 33.1 Å². The zero-order valence-electron chi connectivity index (χ0n) is 14.0. The molecule has 2 atom stereocenters. The fourth-order valence-corrected chi connectivity index (χ4v) is 3.10. The Morgan fingerprint density at radius 1 is 1.09 bits per heavy atom. The molecule has 1 fully saturated rings. The van der Waals surface area contributed by atoms with Gasteiger partial charge < -0.3 is 27.0 Å². The summed E-state index contributed by atoms with van der Waals surface area (Å²) in [7, 11) is 0. The Hall–Kier alpha value is -1.83. The van der Waals surface area contributed by atoms with Crippen molar-refractivity contribution in [3.8, 4) is 0 Å². The Bertz CT molecular complexity index is 405. The van der Waals surface area contributed by atoms with Crippen LogP contribution in [0, 0.1) is 11.8 Å². The fourth-order valence-electron chi connectivity index (χ4n) is 3.10. The summed E-state index contributed by atoms with van der Waals surface area (Å²) in [5.74, 6) is -0.466. The summed E-state index contributed by atoms with van der Waals surface area (Å²) in [6, 6.07) is -2.10. The molecule has 4 amide bonds. The van der Waals surface area contributed by atoms with E-state index in [2.05, 4.69) is 29.4 Å². The van der Waals surface area contributed by atoms with E-state index in [1.54, 1.807) is 0 Å². The molecule has 0 aromatic heterocycles. The third-order valence-corrected chi connectivity index (χ3v) is 3.98. The van der Waals surface area contributed by atoms with E-state index >= 15 is 0 Å². The van der Waals surface area contributed by atoms with Crippen LogP contribution in [0.25, 0.3) is 0 Å². The van der Waals surface area contributed by atoms with Gasteiger partial charge in [0.25, 0.3) is 0 Å². The number of carbonyl (C=O) groups is 3. The first-order valence-corrected chi connectivity index (χ1v) is 8.15. The first-order chi connectivity index (χ1) is 10.8. The number of rotatable bonds is 8. The maximum atomic E-state index is 11.6. The third-order valence-electron chi connectivity index (χ3n) is 3.98. The van der Waals surface area contributed by atoms with Crippen LogP contribution in [-0.4, -0.2) is 55.0 Å². The zero-order valence-corrected chi connectivity index (χ0v) is 14.0. The van der Waals surface area contributed by atoms with Gasteiger partial charge in [-0.05, 0) is 37.6 Å². The predicted octanol–water partition coefficient (Wildman–Crippen LogP) is -0.617. The number of nitrogens with two attached hydrogens (primary N) is 2. The molecule has 0 bridgehead atoms. The molecule has 2 unspecified atom stereocenters. The number of likely N-dealkylation sites (tertiary alicyclic amines) is 1. The third kappa shape index (κ3) is 7.32. The number of unbranched alkanes of at least 4 members (excludes halogenated alkanes) is 1. The number of primary amides is 2. The fraction of sp³-hybridized carbons (Fsp3) is 0.800. The van der Waals surface area contributed by atoms with E-state index in [4.69, 9.17) is 11.5 Å². The molecule has 23 heavy (non-hydrogen) atoms. The second-order valence-electron chi connectivity index (χ2n) is 6.55. The number of urea groups is 1. The molecule has 0 aromatic rings. The van der Waals surface area contributed by atoms with E-state index in [9.17, 15) is 14.4 Å². The Morgan fingerprint density at radius 2 is 1.65 bits per heavy atom. The van der Waals surface area contributed by atoms with Crippen LogP contribution >= 0.6 is 0 Å². The van der Waals surface area contributed by atoms with Gasteiger partial charge in [0.2, 0.25) is 11.8 Å². The van der Waals surface area contributed by atoms with Crippen LogP contribution in [0.3, 0.4) is 0 Å². The molecule has 0 aromatic carbocycles. The Kier molecular flexibility index (Phi) is 7.80. The molecule has 6 N–H and O–H groups in total. The topological polar surface area (TPSA) is 131 Å². The molecule has 1 heterocycles. The van der Waals surface area contributed by atoms with Gasteiger partial charge in [0.05, 0.1) is 0 Å². The summed E-state index contributed by atoms with van der Waals surface area (Å²) >= 11 is 0. The number of amides is 4. The summed E-state index contributed by atoms with van der Waals surface area (Å²) in [4.78, 5) is 35.9. The highest BCUT2D eigenvalue weighted by molar-refractivity contribution is 6.05. The molecular formula is C15H29N5O3. The molecule has 1 aliphatic rings. The SMILES string of the molecule is CC1CC(C)CN(CCCCNC(=O)NC(C(N)=O)C(N)=O)C1. The molecule has 0 spiro atoms. The van der Waals surface area contributed by atoms with Gasteiger partial charge in [0.1, 0.15) is 0 Å². The number of carbonyl (C=O) groups excluding carboxylic acids is 3. The standard InChI is InChI=1S/C15H29N5O3/c1-10-7-11(2)9-20(8-10)6-4-3-5-18-15(23)19-12(13(16)21)14(17)22/h10-12H,3-9H2,1-2H3,(H2,16,21)(H2,17,22)(H2,18,19,23). The van der Waals surface area contributed by atoms with Crippen LogP contribution in [0.15, 0.2) is 0 Å². The van der Waals surface area contributed by atoms with Crippen molar-refractivity contribution in [2.75, 3.05) is 26.2 Å². The van der Waals surface area contributed by atoms with Crippen molar-refractivity contribution in [1.82, 2.24) is 15.5 Å². The molecule has 132 valence electrons. The highest BCUT2D eigenvalue weighted by Gasteiger charge is 2.23. The maximum absolute atomic E-state index is 11.6. The Labute approximate surface area is 137 Å². The molecule has 1 rings (SSSR count). The predicted molar refractivity (Wildman–Crippen MR) is 87.3 cm³/mol. The van der Waals surface area contributed by atoms with E-state index in [-0.39, 0.29) is 0 Å². The van der Waals surface area contributed by atoms with Gasteiger partial charge in [-0.2, -0.15) is 0 Å². The molecular weight excluding hydrogens is 298 g/mol. The molecule has 1 aliphatic heterocycles. The summed E-state index contributed by atoms with van der Waals surface area (Å²) in [5.41, 5.74) is 9.96. The zero-order chi connectivity index (χ0) is 17.4. The minimum absolute atomic E-state index is 0.467. The number of nitrogens with one attached hydrogen (secondary N) is 2. The lowest BCUT2D eigenvalue weighted by Gasteiger charge is -2.34. The van der Waals surface area contributed by atoms with Gasteiger partial charge >= 0.3 is 6.03 Å². The largest absolute Gasteiger partial charge is 0.367 e. The summed E-state index contributed by atoms with van der Waals surface area (Å²) < 4.78 is 0. The first-order valence-electron chi connectivity index (χ1n) is 8.15. The normalized spacial score (nSPS) is 21.9. The summed E-state index contributed by atoms with van der Waals surface area (Å²) in [6.07, 6.45) is 3.10. The smallest absolute Gasteiger partial charge is 0.315 e. The Morgan fingerprint density at radius 3 is 2.17 bits per heavy atom. The molecule has 0 saturated carbocycles. The van der Waals surface area contributed by atoms with Gasteiger partial charge in [0.15, 0.2) is 6.04 Å². The average Bonchev–Trinajstić information content (AvgIpc) is 2.42. The molecule has 8 nitrogen and oxygen atoms in total. The number of hydrogen-bond acceptors (Lipinski definition) is 4. The summed E-state index contributed by atoms with van der Waals surface area (Å²) in [6.45, 7) is 8.32. The monoisotopic (exact) mass is 327 g/mol. The van der Waals surface area contributed by atoms with Crippen molar-refractivity contribution in [1.29, 1.82) is 0 Å². The van der Waals surface area contributed by atoms with E-state index in [1.807, 2.05) is 0 Å². The molecule has 1 saturated heterocycles. The van der Waals surface area contributed by atoms with E-state index < -0.39 is 23.9 Å². The molecule has 8 heteroatoms. The van der Waals surface area contributed by atoms with Crippen LogP contribution in [0.5, 0.6) is 0 Å². The maximum Gasteiger partial charge on any atom is 0.315 e. The van der Waals surface area contributed by atoms with Gasteiger partial charge in [-0.1, -0.05) is 13.8 Å². The van der Waals surface area contributed by atoms with Gasteiger partial charge in [-0.3, -0.25) is 9.59 Å². The lowest BCUT2D eigenvalue weighted by atomic mass is 9.92. The number of hydrogen-bond donors (Lipinski definition) is 4. The highest BCUT2D eigenvalue weighted by Crippen LogP contribution is 2.20. The van der Waals surface area contributed by atoms with Gasteiger partial charge in [0, 0.05) is 19.6 Å². The number of nitrogens with zero attached hydrogens (tertiary/aromatic N) is 1. The van der Waals surface area contributed by atoms with Crippen molar-refractivity contribution in [2.24, 2.45) is 23.3 Å². The molecule has 0 aliphatic carbocycles. The average molecular weight is 327 g/mol. The van der Waals surface area contributed by atoms with Crippen LogP contribution in [0.2, 0.25) is 0 Å². The lowest BCUT2D eigenvalue weighted by molar-refractivity contribution is -0.128. The van der Waals surface area contributed by atoms with Crippen LogP contribution in [0.4, 0.5) is 4.79 Å². The second-order valence-corrected chi connectivity index (χ2v) is 6.55. The van der Waals surface area contributed by atoms with Crippen molar-refractivity contribution in [3.05, 3.63) is 0 Å². The van der Waals surface area contributed by atoms with E-state index in [0.29, 0.717) is 6.54 Å². The van der Waals surface area contributed by atoms with Crippen LogP contribution < -0.4 is 22.1 Å². The Balaban J connectivity index is 2.16. The van der Waals surface area contributed by atoms with Crippen molar-refractivity contribution in [2.45, 2.75) is 39.2 Å². The quantitative estimate of drug-likeness (QED) is 0.349. The van der Waals surface area contributed by atoms with Crippen molar-refractivity contribution in [3.63, 3.8) is 0 Å². The van der Waals surface area contributed by atoms with Gasteiger partial charge in [-0.25, -0.2) is 4.79 Å². The van der Waals surface area contributed by atoms with Crippen molar-refractivity contribution >= 4 is 17.8 Å². The first kappa shape index (κ1) is 19.2. The second kappa shape index (κ2) is 9.34. The lowest BCUT2D eigenvalue weighted by Crippen LogP contribution is -2.55. The van der Waals surface area contributed by atoms with Gasteiger partial charge in [-0.15, -0.1) is 0 Å². The minimum Gasteiger partial charge on any atom is -0.367 e. The van der Waals surface area contributed by atoms with E-state index in [1.165, 1.54) is 6.42 Å².